The molecule has 1 saturated carbocycles. The fourth-order valence-corrected chi connectivity index (χ4v) is 4.35. The lowest BCUT2D eigenvalue weighted by molar-refractivity contribution is -0.147. The SMILES string of the molecule is CN(c1ccc(-c2ccc(F)cc2)c(F)c1)[C@H]1C[C@H]([C@@](N)(CCCCB(O)O)C(=O)O)C1. The number of carboxylic acids is 1. The van der Waals surface area contributed by atoms with E-state index in [1.165, 1.54) is 30.3 Å². The van der Waals surface area contributed by atoms with Gasteiger partial charge in [-0.05, 0) is 67.4 Å². The van der Waals surface area contributed by atoms with Crippen molar-refractivity contribution in [2.75, 3.05) is 11.9 Å². The Morgan fingerprint density at radius 3 is 2.38 bits per heavy atom. The fourth-order valence-electron chi connectivity index (χ4n) is 4.35. The van der Waals surface area contributed by atoms with Crippen molar-refractivity contribution in [2.45, 2.75) is 50.0 Å². The van der Waals surface area contributed by atoms with Gasteiger partial charge in [-0.3, -0.25) is 4.79 Å². The highest BCUT2D eigenvalue weighted by atomic mass is 19.1. The molecule has 1 fully saturated rings. The summed E-state index contributed by atoms with van der Waals surface area (Å²) >= 11 is 0. The summed E-state index contributed by atoms with van der Waals surface area (Å²) < 4.78 is 27.9. The summed E-state index contributed by atoms with van der Waals surface area (Å²) in [5.41, 5.74) is 6.53. The number of carbonyl (C=O) groups is 1. The molecule has 2 aromatic rings. The van der Waals surface area contributed by atoms with Crippen molar-refractivity contribution in [3.05, 3.63) is 54.1 Å². The lowest BCUT2D eigenvalue weighted by Crippen LogP contribution is -2.61. The molecule has 1 aliphatic carbocycles. The Balaban J connectivity index is 1.62. The van der Waals surface area contributed by atoms with Gasteiger partial charge in [0.2, 0.25) is 0 Å². The number of nitrogens with zero attached hydrogens (tertiary/aromatic N) is 1. The average molecular weight is 446 g/mol. The average Bonchev–Trinajstić information content (AvgIpc) is 2.70. The first-order valence-electron chi connectivity index (χ1n) is 10.8. The second-order valence-electron chi connectivity index (χ2n) is 8.68. The maximum Gasteiger partial charge on any atom is 0.451 e. The molecule has 5 N–H and O–H groups in total. The van der Waals surface area contributed by atoms with Gasteiger partial charge in [0.25, 0.3) is 0 Å². The van der Waals surface area contributed by atoms with Crippen LogP contribution in [0.3, 0.4) is 0 Å². The van der Waals surface area contributed by atoms with Crippen LogP contribution in [0.4, 0.5) is 14.5 Å². The molecule has 172 valence electrons. The van der Waals surface area contributed by atoms with Crippen LogP contribution in [-0.4, -0.2) is 46.9 Å². The van der Waals surface area contributed by atoms with Gasteiger partial charge in [0.05, 0.1) is 0 Å². The molecule has 0 aromatic heterocycles. The molecule has 0 radical (unpaired) electrons. The maximum atomic E-state index is 14.7. The van der Waals surface area contributed by atoms with Gasteiger partial charge >= 0.3 is 13.1 Å². The Morgan fingerprint density at radius 1 is 1.16 bits per heavy atom. The highest BCUT2D eigenvalue weighted by Crippen LogP contribution is 2.42. The zero-order valence-corrected chi connectivity index (χ0v) is 18.0. The van der Waals surface area contributed by atoms with Crippen LogP contribution in [-0.2, 0) is 4.79 Å². The number of anilines is 1. The zero-order chi connectivity index (χ0) is 23.5. The minimum atomic E-state index is -1.40. The first kappa shape index (κ1) is 24.2. The van der Waals surface area contributed by atoms with E-state index in [-0.39, 0.29) is 30.5 Å². The molecule has 0 bridgehead atoms. The van der Waals surface area contributed by atoms with Crippen molar-refractivity contribution in [2.24, 2.45) is 11.7 Å². The Kier molecular flexibility index (Phi) is 7.53. The molecule has 1 atom stereocenters. The molecule has 0 heterocycles. The van der Waals surface area contributed by atoms with Crippen LogP contribution in [0.2, 0.25) is 6.32 Å². The predicted octanol–water partition coefficient (Wildman–Crippen LogP) is 3.27. The van der Waals surface area contributed by atoms with Crippen LogP contribution in [0.5, 0.6) is 0 Å². The second kappa shape index (κ2) is 9.98. The Hall–Kier alpha value is -2.49. The number of unbranched alkanes of at least 4 members (excludes halogenated alkanes) is 1. The number of carboxylic acid groups (broad SMARTS) is 1. The molecule has 3 rings (SSSR count). The first-order valence-corrected chi connectivity index (χ1v) is 10.8. The third-order valence-corrected chi connectivity index (χ3v) is 6.61. The number of hydrogen-bond donors (Lipinski definition) is 4. The lowest BCUT2D eigenvalue weighted by atomic mass is 9.65. The highest BCUT2D eigenvalue weighted by molar-refractivity contribution is 6.40. The summed E-state index contributed by atoms with van der Waals surface area (Å²) in [6.07, 6.45) is 2.57. The van der Waals surface area contributed by atoms with E-state index >= 15 is 0 Å². The standard InChI is InChI=1S/C23H29BF2N2O4/c1-28(18-8-9-20(21(26)14-18)15-4-6-17(25)7-5-15)19-12-16(13-19)23(27,22(29)30)10-2-3-11-24(31)32/h4-9,14,16,19,31-32H,2-3,10-13,27H2,1H3,(H,29,30)/t16-,19-,23-/m0/s1. The van der Waals surface area contributed by atoms with Gasteiger partial charge < -0.3 is 25.8 Å². The van der Waals surface area contributed by atoms with Crippen molar-refractivity contribution in [3.8, 4) is 11.1 Å². The smallest absolute Gasteiger partial charge is 0.451 e. The van der Waals surface area contributed by atoms with Crippen molar-refractivity contribution in [1.29, 1.82) is 0 Å². The van der Waals surface area contributed by atoms with Crippen molar-refractivity contribution >= 4 is 18.8 Å². The number of hydrogen-bond acceptors (Lipinski definition) is 5. The van der Waals surface area contributed by atoms with Crippen LogP contribution in [0, 0.1) is 17.6 Å². The molecule has 0 spiro atoms. The molecule has 0 amide bonds. The largest absolute Gasteiger partial charge is 0.480 e. The van der Waals surface area contributed by atoms with Crippen molar-refractivity contribution in [1.82, 2.24) is 0 Å². The molecule has 0 unspecified atom stereocenters. The van der Waals surface area contributed by atoms with Crippen LogP contribution in [0.25, 0.3) is 11.1 Å². The van der Waals surface area contributed by atoms with Crippen molar-refractivity contribution in [3.63, 3.8) is 0 Å². The van der Waals surface area contributed by atoms with Crippen molar-refractivity contribution < 1.29 is 28.7 Å². The van der Waals surface area contributed by atoms with Gasteiger partial charge in [0, 0.05) is 24.3 Å². The Bertz CT molecular complexity index is 938. The number of nitrogens with two attached hydrogens (primary N) is 1. The Morgan fingerprint density at radius 2 is 1.81 bits per heavy atom. The van der Waals surface area contributed by atoms with Gasteiger partial charge in [0.15, 0.2) is 0 Å². The van der Waals surface area contributed by atoms with E-state index in [0.29, 0.717) is 42.5 Å². The third kappa shape index (κ3) is 5.28. The van der Waals surface area contributed by atoms with E-state index in [0.717, 1.165) is 0 Å². The number of aliphatic carboxylic acids is 1. The minimum Gasteiger partial charge on any atom is -0.480 e. The van der Waals surface area contributed by atoms with Gasteiger partial charge in [-0.25, -0.2) is 8.78 Å². The molecule has 9 heteroatoms. The molecule has 0 saturated heterocycles. The minimum absolute atomic E-state index is 0.0395. The van der Waals surface area contributed by atoms with E-state index in [1.54, 1.807) is 12.1 Å². The molecule has 32 heavy (non-hydrogen) atoms. The van der Waals surface area contributed by atoms with Gasteiger partial charge in [-0.15, -0.1) is 0 Å². The molecule has 1 aliphatic rings. The van der Waals surface area contributed by atoms with Gasteiger partial charge in [0.1, 0.15) is 17.2 Å². The topological polar surface area (TPSA) is 107 Å². The number of halogens is 2. The second-order valence-corrected chi connectivity index (χ2v) is 8.68. The summed E-state index contributed by atoms with van der Waals surface area (Å²) in [6, 6.07) is 10.6. The fraction of sp³-hybridized carbons (Fsp3) is 0.435. The quantitative estimate of drug-likeness (QED) is 0.330. The van der Waals surface area contributed by atoms with Crippen LogP contribution >= 0.6 is 0 Å². The normalized spacial score (nSPS) is 19.7. The highest BCUT2D eigenvalue weighted by Gasteiger charge is 2.49. The first-order chi connectivity index (χ1) is 15.1. The predicted molar refractivity (Wildman–Crippen MR) is 120 cm³/mol. The third-order valence-electron chi connectivity index (χ3n) is 6.61. The van der Waals surface area contributed by atoms with E-state index in [2.05, 4.69) is 0 Å². The van der Waals surface area contributed by atoms with E-state index < -0.39 is 24.4 Å². The molecule has 0 aliphatic heterocycles. The number of benzene rings is 2. The maximum absolute atomic E-state index is 14.7. The lowest BCUT2D eigenvalue weighted by Gasteiger charge is -2.48. The van der Waals surface area contributed by atoms with Crippen LogP contribution in [0.15, 0.2) is 42.5 Å². The van der Waals surface area contributed by atoms with Gasteiger partial charge in [-0.2, -0.15) is 0 Å². The van der Waals surface area contributed by atoms with Crippen LogP contribution < -0.4 is 10.6 Å². The molecular formula is C23H29BF2N2O4. The summed E-state index contributed by atoms with van der Waals surface area (Å²) in [6.45, 7) is 0. The zero-order valence-electron chi connectivity index (χ0n) is 18.0. The molecule has 6 nitrogen and oxygen atoms in total. The van der Waals surface area contributed by atoms with Crippen LogP contribution in [0.1, 0.15) is 32.1 Å². The molecule has 2 aromatic carbocycles. The van der Waals surface area contributed by atoms with Gasteiger partial charge in [-0.1, -0.05) is 25.0 Å². The van der Waals surface area contributed by atoms with E-state index in [1.807, 2.05) is 11.9 Å². The molecular weight excluding hydrogens is 417 g/mol. The monoisotopic (exact) mass is 446 g/mol. The van der Waals surface area contributed by atoms with E-state index in [4.69, 9.17) is 15.8 Å². The summed E-state index contributed by atoms with van der Waals surface area (Å²) in [4.78, 5) is 13.8. The Labute approximate surface area is 186 Å². The summed E-state index contributed by atoms with van der Waals surface area (Å²) in [5.74, 6) is -2.06. The van der Waals surface area contributed by atoms with E-state index in [9.17, 15) is 18.7 Å². The summed E-state index contributed by atoms with van der Waals surface area (Å²) in [5, 5.41) is 27.6. The summed E-state index contributed by atoms with van der Waals surface area (Å²) in [7, 11) is 0.443. The number of rotatable bonds is 10.